The molecule has 2 rings (SSSR count). The van der Waals surface area contributed by atoms with Crippen molar-refractivity contribution >= 4 is 11.8 Å². The van der Waals surface area contributed by atoms with Crippen LogP contribution >= 0.6 is 0 Å². The van der Waals surface area contributed by atoms with E-state index in [2.05, 4.69) is 20.5 Å². The van der Waals surface area contributed by atoms with Crippen molar-refractivity contribution in [1.82, 2.24) is 15.2 Å². The van der Waals surface area contributed by atoms with Gasteiger partial charge in [0.15, 0.2) is 5.82 Å². The number of hydrogen-bond acceptors (Lipinski definition) is 6. The second-order valence-corrected chi connectivity index (χ2v) is 3.66. The van der Waals surface area contributed by atoms with Gasteiger partial charge in [0.05, 0.1) is 13.3 Å². The van der Waals surface area contributed by atoms with Gasteiger partial charge in [-0.15, -0.1) is 5.10 Å². The molecule has 0 aliphatic rings. The predicted molar refractivity (Wildman–Crippen MR) is 67.1 cm³/mol. The fraction of sp³-hybridized carbons (Fsp3) is 0.167. The van der Waals surface area contributed by atoms with E-state index in [0.717, 1.165) is 5.56 Å². The SMILES string of the molecule is COc1cc(CNc2nnccc2C(=O)O)ccn1. The molecule has 2 aromatic heterocycles. The van der Waals surface area contributed by atoms with Crippen molar-refractivity contribution in [3.8, 4) is 5.88 Å². The summed E-state index contributed by atoms with van der Waals surface area (Å²) in [4.78, 5) is 15.0. The van der Waals surface area contributed by atoms with Crippen molar-refractivity contribution in [1.29, 1.82) is 0 Å². The van der Waals surface area contributed by atoms with Crippen LogP contribution in [0, 0.1) is 0 Å². The Labute approximate surface area is 109 Å². The lowest BCUT2D eigenvalue weighted by Gasteiger charge is -2.08. The number of aromatic carboxylic acids is 1. The largest absolute Gasteiger partial charge is 0.481 e. The number of aromatic nitrogens is 3. The first kappa shape index (κ1) is 12.7. The number of ether oxygens (including phenoxy) is 1. The van der Waals surface area contributed by atoms with Gasteiger partial charge < -0.3 is 15.2 Å². The minimum Gasteiger partial charge on any atom is -0.481 e. The molecular weight excluding hydrogens is 248 g/mol. The monoisotopic (exact) mass is 260 g/mol. The minimum absolute atomic E-state index is 0.0796. The first-order chi connectivity index (χ1) is 9.20. The highest BCUT2D eigenvalue weighted by Gasteiger charge is 2.10. The Hall–Kier alpha value is -2.70. The number of carboxylic acid groups (broad SMARTS) is 1. The Balaban J connectivity index is 2.12. The molecule has 0 fully saturated rings. The zero-order valence-corrected chi connectivity index (χ0v) is 10.2. The van der Waals surface area contributed by atoms with E-state index >= 15 is 0 Å². The summed E-state index contributed by atoms with van der Waals surface area (Å²) >= 11 is 0. The minimum atomic E-state index is -1.05. The van der Waals surface area contributed by atoms with E-state index < -0.39 is 5.97 Å². The summed E-state index contributed by atoms with van der Waals surface area (Å²) in [5.74, 6) is -0.326. The molecule has 98 valence electrons. The Morgan fingerprint density at radius 2 is 2.26 bits per heavy atom. The molecule has 0 spiro atoms. The third kappa shape index (κ3) is 3.15. The maximum absolute atomic E-state index is 11.0. The van der Waals surface area contributed by atoms with Gasteiger partial charge in [0.2, 0.25) is 5.88 Å². The van der Waals surface area contributed by atoms with Crippen LogP contribution in [0.1, 0.15) is 15.9 Å². The Kier molecular flexibility index (Phi) is 3.87. The first-order valence-corrected chi connectivity index (χ1v) is 5.48. The predicted octanol–water partition coefficient (Wildman–Crippen LogP) is 1.19. The number of carboxylic acids is 1. The molecule has 0 aliphatic carbocycles. The number of pyridine rings is 1. The number of hydrogen-bond donors (Lipinski definition) is 2. The average molecular weight is 260 g/mol. The zero-order chi connectivity index (χ0) is 13.7. The van der Waals surface area contributed by atoms with Gasteiger partial charge in [-0.2, -0.15) is 5.10 Å². The molecule has 0 saturated carbocycles. The second kappa shape index (κ2) is 5.76. The second-order valence-electron chi connectivity index (χ2n) is 3.66. The summed E-state index contributed by atoms with van der Waals surface area (Å²) < 4.78 is 5.01. The highest BCUT2D eigenvalue weighted by atomic mass is 16.5. The molecule has 2 aromatic rings. The number of anilines is 1. The molecule has 7 nitrogen and oxygen atoms in total. The maximum Gasteiger partial charge on any atom is 0.339 e. The van der Waals surface area contributed by atoms with Crippen molar-refractivity contribution in [2.24, 2.45) is 0 Å². The quantitative estimate of drug-likeness (QED) is 0.833. The van der Waals surface area contributed by atoms with Crippen LogP contribution in [-0.2, 0) is 6.54 Å². The summed E-state index contributed by atoms with van der Waals surface area (Å²) in [5.41, 5.74) is 0.977. The number of carbonyl (C=O) groups is 1. The molecular formula is C12H12N4O3. The lowest BCUT2D eigenvalue weighted by atomic mass is 10.2. The van der Waals surface area contributed by atoms with Gasteiger partial charge in [-0.05, 0) is 17.7 Å². The standard InChI is InChI=1S/C12H12N4O3/c1-19-10-6-8(2-4-13-10)7-14-11-9(12(17)18)3-5-15-16-11/h2-6H,7H2,1H3,(H,14,16)(H,17,18). The molecule has 0 aliphatic heterocycles. The van der Waals surface area contributed by atoms with Crippen molar-refractivity contribution in [2.45, 2.75) is 6.54 Å². The summed E-state index contributed by atoms with van der Waals surface area (Å²) in [6.45, 7) is 0.401. The van der Waals surface area contributed by atoms with E-state index in [4.69, 9.17) is 9.84 Å². The smallest absolute Gasteiger partial charge is 0.339 e. The molecule has 0 radical (unpaired) electrons. The summed E-state index contributed by atoms with van der Waals surface area (Å²) in [7, 11) is 1.53. The van der Waals surface area contributed by atoms with Crippen LogP contribution in [0.5, 0.6) is 5.88 Å². The van der Waals surface area contributed by atoms with Gasteiger partial charge in [-0.1, -0.05) is 0 Å². The van der Waals surface area contributed by atoms with Crippen LogP contribution in [0.2, 0.25) is 0 Å². The average Bonchev–Trinajstić information content (AvgIpc) is 2.45. The fourth-order valence-electron chi connectivity index (χ4n) is 1.49. The van der Waals surface area contributed by atoms with Gasteiger partial charge in [0.25, 0.3) is 0 Å². The topological polar surface area (TPSA) is 97.2 Å². The van der Waals surface area contributed by atoms with Crippen LogP contribution in [0.25, 0.3) is 0 Å². The third-order valence-corrected chi connectivity index (χ3v) is 2.42. The van der Waals surface area contributed by atoms with E-state index in [1.807, 2.05) is 0 Å². The molecule has 2 N–H and O–H groups in total. The number of methoxy groups -OCH3 is 1. The van der Waals surface area contributed by atoms with E-state index in [1.54, 1.807) is 18.3 Å². The normalized spacial score (nSPS) is 9.95. The Morgan fingerprint density at radius 3 is 3.00 bits per heavy atom. The van der Waals surface area contributed by atoms with Crippen LogP contribution in [0.3, 0.4) is 0 Å². The lowest BCUT2D eigenvalue weighted by molar-refractivity contribution is 0.0697. The highest BCUT2D eigenvalue weighted by Crippen LogP contribution is 2.13. The van der Waals surface area contributed by atoms with Gasteiger partial charge >= 0.3 is 5.97 Å². The molecule has 0 saturated heterocycles. The molecule has 19 heavy (non-hydrogen) atoms. The van der Waals surface area contributed by atoms with E-state index in [-0.39, 0.29) is 11.4 Å². The molecule has 0 amide bonds. The number of nitrogens with zero attached hydrogens (tertiary/aromatic N) is 3. The summed E-state index contributed by atoms with van der Waals surface area (Å²) in [6.07, 6.45) is 2.95. The third-order valence-electron chi connectivity index (χ3n) is 2.42. The molecule has 0 bridgehead atoms. The molecule has 0 aromatic carbocycles. The highest BCUT2D eigenvalue weighted by molar-refractivity contribution is 5.92. The van der Waals surface area contributed by atoms with E-state index in [0.29, 0.717) is 12.4 Å². The molecule has 0 atom stereocenters. The van der Waals surface area contributed by atoms with Crippen LogP contribution in [-0.4, -0.2) is 33.4 Å². The van der Waals surface area contributed by atoms with Crippen molar-refractivity contribution < 1.29 is 14.6 Å². The summed E-state index contributed by atoms with van der Waals surface area (Å²) in [6, 6.07) is 4.95. The zero-order valence-electron chi connectivity index (χ0n) is 10.2. The maximum atomic E-state index is 11.0. The van der Waals surface area contributed by atoms with E-state index in [9.17, 15) is 4.79 Å². The number of nitrogens with one attached hydrogen (secondary N) is 1. The molecule has 0 unspecified atom stereocenters. The van der Waals surface area contributed by atoms with Crippen LogP contribution in [0.4, 0.5) is 5.82 Å². The van der Waals surface area contributed by atoms with Gasteiger partial charge in [0, 0.05) is 18.8 Å². The van der Waals surface area contributed by atoms with Crippen LogP contribution < -0.4 is 10.1 Å². The Morgan fingerprint density at radius 1 is 1.42 bits per heavy atom. The van der Waals surface area contributed by atoms with Crippen molar-refractivity contribution in [3.63, 3.8) is 0 Å². The Bertz CT molecular complexity index is 589. The first-order valence-electron chi connectivity index (χ1n) is 5.48. The van der Waals surface area contributed by atoms with Crippen molar-refractivity contribution in [3.05, 3.63) is 41.7 Å². The molecule has 2 heterocycles. The van der Waals surface area contributed by atoms with Gasteiger partial charge in [0.1, 0.15) is 5.56 Å². The van der Waals surface area contributed by atoms with Crippen LogP contribution in [0.15, 0.2) is 30.6 Å². The molecule has 7 heteroatoms. The van der Waals surface area contributed by atoms with Crippen molar-refractivity contribution in [2.75, 3.05) is 12.4 Å². The van der Waals surface area contributed by atoms with Gasteiger partial charge in [-0.3, -0.25) is 0 Å². The summed E-state index contributed by atoms with van der Waals surface area (Å²) in [5, 5.41) is 19.4. The van der Waals surface area contributed by atoms with Gasteiger partial charge in [-0.25, -0.2) is 9.78 Å². The number of rotatable bonds is 5. The fourth-order valence-corrected chi connectivity index (χ4v) is 1.49. The van der Waals surface area contributed by atoms with E-state index in [1.165, 1.54) is 19.4 Å². The lowest BCUT2D eigenvalue weighted by Crippen LogP contribution is -2.09.